The largest absolute Gasteiger partial charge is 0.358 e. The standard InChI is InChI=1S/C14H15N/c1-9-3-6-13-11(7-9)4-5-12-8-10(2)15-14(12)13/h3,6-8,15H,4-5H2,1-2H3. The van der Waals surface area contributed by atoms with Gasteiger partial charge in [-0.25, -0.2) is 0 Å². The van der Waals surface area contributed by atoms with Crippen LogP contribution in [-0.2, 0) is 12.8 Å². The third kappa shape index (κ3) is 1.30. The summed E-state index contributed by atoms with van der Waals surface area (Å²) in [5, 5.41) is 0. The molecule has 0 unspecified atom stereocenters. The van der Waals surface area contributed by atoms with Crippen LogP contribution in [0.1, 0.15) is 22.4 Å². The fourth-order valence-electron chi connectivity index (χ4n) is 2.53. The Kier molecular flexibility index (Phi) is 1.75. The van der Waals surface area contributed by atoms with Crippen LogP contribution in [0.3, 0.4) is 0 Å². The van der Waals surface area contributed by atoms with Crippen LogP contribution in [0.25, 0.3) is 11.3 Å². The smallest absolute Gasteiger partial charge is 0.0491 e. The molecule has 0 amide bonds. The molecule has 1 aliphatic rings. The highest BCUT2D eigenvalue weighted by atomic mass is 14.7. The highest BCUT2D eigenvalue weighted by Gasteiger charge is 2.17. The number of aromatic nitrogens is 1. The Morgan fingerprint density at radius 1 is 1.00 bits per heavy atom. The molecule has 1 aliphatic carbocycles. The van der Waals surface area contributed by atoms with Crippen molar-refractivity contribution in [1.29, 1.82) is 0 Å². The average molecular weight is 197 g/mol. The van der Waals surface area contributed by atoms with Gasteiger partial charge in [0.15, 0.2) is 0 Å². The van der Waals surface area contributed by atoms with Gasteiger partial charge in [-0.1, -0.05) is 23.8 Å². The van der Waals surface area contributed by atoms with Crippen molar-refractivity contribution in [2.75, 3.05) is 0 Å². The first-order chi connectivity index (χ1) is 7.24. The van der Waals surface area contributed by atoms with Gasteiger partial charge in [-0.3, -0.25) is 0 Å². The second-order valence-electron chi connectivity index (χ2n) is 4.51. The summed E-state index contributed by atoms with van der Waals surface area (Å²) in [6.45, 7) is 4.29. The van der Waals surface area contributed by atoms with E-state index in [-0.39, 0.29) is 0 Å². The van der Waals surface area contributed by atoms with Gasteiger partial charge in [0.2, 0.25) is 0 Å². The number of hydrogen-bond donors (Lipinski definition) is 1. The zero-order valence-corrected chi connectivity index (χ0v) is 9.22. The third-order valence-electron chi connectivity index (χ3n) is 3.23. The number of fused-ring (bicyclic) bond motifs is 3. The van der Waals surface area contributed by atoms with E-state index in [9.17, 15) is 0 Å². The van der Waals surface area contributed by atoms with E-state index in [1.54, 1.807) is 0 Å². The molecule has 2 aromatic rings. The molecule has 1 nitrogen and oxygen atoms in total. The number of benzene rings is 1. The Labute approximate surface area is 90.2 Å². The molecule has 0 saturated carbocycles. The van der Waals surface area contributed by atoms with Gasteiger partial charge in [0, 0.05) is 17.0 Å². The predicted molar refractivity (Wildman–Crippen MR) is 63.1 cm³/mol. The van der Waals surface area contributed by atoms with Gasteiger partial charge in [0.05, 0.1) is 0 Å². The van der Waals surface area contributed by atoms with Gasteiger partial charge in [0.1, 0.15) is 0 Å². The lowest BCUT2D eigenvalue weighted by Crippen LogP contribution is -2.02. The normalized spacial score (nSPS) is 13.5. The van der Waals surface area contributed by atoms with Crippen LogP contribution < -0.4 is 0 Å². The molecule has 76 valence electrons. The van der Waals surface area contributed by atoms with E-state index in [1.165, 1.54) is 46.5 Å². The van der Waals surface area contributed by atoms with Crippen molar-refractivity contribution in [3.8, 4) is 11.3 Å². The molecule has 15 heavy (non-hydrogen) atoms. The summed E-state index contributed by atoms with van der Waals surface area (Å²) in [4.78, 5) is 3.47. The minimum atomic E-state index is 1.18. The first kappa shape index (κ1) is 8.78. The lowest BCUT2D eigenvalue weighted by Gasteiger charge is -2.16. The number of nitrogens with one attached hydrogen (secondary N) is 1. The van der Waals surface area contributed by atoms with Crippen molar-refractivity contribution in [2.24, 2.45) is 0 Å². The molecule has 0 bridgehead atoms. The van der Waals surface area contributed by atoms with Gasteiger partial charge in [-0.2, -0.15) is 0 Å². The van der Waals surface area contributed by atoms with E-state index in [4.69, 9.17) is 0 Å². The Bertz CT molecular complexity index is 520. The summed E-state index contributed by atoms with van der Waals surface area (Å²) in [5.41, 5.74) is 8.34. The first-order valence-corrected chi connectivity index (χ1v) is 5.52. The monoisotopic (exact) mass is 197 g/mol. The zero-order valence-electron chi connectivity index (χ0n) is 9.22. The molecule has 0 saturated heterocycles. The second kappa shape index (κ2) is 2.99. The van der Waals surface area contributed by atoms with Gasteiger partial charge >= 0.3 is 0 Å². The maximum atomic E-state index is 3.47. The van der Waals surface area contributed by atoms with E-state index in [1.807, 2.05) is 0 Å². The Morgan fingerprint density at radius 3 is 2.67 bits per heavy atom. The average Bonchev–Trinajstić information content (AvgIpc) is 2.58. The van der Waals surface area contributed by atoms with Crippen molar-refractivity contribution in [2.45, 2.75) is 26.7 Å². The Hall–Kier alpha value is -1.50. The van der Waals surface area contributed by atoms with Crippen LogP contribution in [0.15, 0.2) is 24.3 Å². The van der Waals surface area contributed by atoms with Crippen LogP contribution >= 0.6 is 0 Å². The molecule has 1 heteroatoms. The maximum Gasteiger partial charge on any atom is 0.0491 e. The van der Waals surface area contributed by atoms with Crippen LogP contribution in [0.2, 0.25) is 0 Å². The van der Waals surface area contributed by atoms with Crippen LogP contribution in [0.5, 0.6) is 0 Å². The number of H-pyrrole nitrogens is 1. The van der Waals surface area contributed by atoms with E-state index in [0.717, 1.165) is 0 Å². The first-order valence-electron chi connectivity index (χ1n) is 5.52. The predicted octanol–water partition coefficient (Wildman–Crippen LogP) is 3.40. The SMILES string of the molecule is Cc1ccc2c(c1)CCc1cc(C)[nH]c1-2. The zero-order chi connectivity index (χ0) is 10.4. The number of rotatable bonds is 0. The summed E-state index contributed by atoms with van der Waals surface area (Å²) in [5.74, 6) is 0. The fourth-order valence-corrected chi connectivity index (χ4v) is 2.53. The lowest BCUT2D eigenvalue weighted by atomic mass is 9.89. The van der Waals surface area contributed by atoms with Crippen molar-refractivity contribution < 1.29 is 0 Å². The van der Waals surface area contributed by atoms with Crippen molar-refractivity contribution in [3.05, 3.63) is 46.6 Å². The highest BCUT2D eigenvalue weighted by molar-refractivity contribution is 5.70. The third-order valence-corrected chi connectivity index (χ3v) is 3.23. The molecule has 1 aromatic carbocycles. The number of aromatic amines is 1. The molecular formula is C14H15N. The van der Waals surface area contributed by atoms with Crippen molar-refractivity contribution >= 4 is 0 Å². The maximum absolute atomic E-state index is 3.47. The van der Waals surface area contributed by atoms with E-state index in [2.05, 4.69) is 43.1 Å². The number of hydrogen-bond acceptors (Lipinski definition) is 0. The van der Waals surface area contributed by atoms with Crippen LogP contribution in [0.4, 0.5) is 0 Å². The van der Waals surface area contributed by atoms with Crippen molar-refractivity contribution in [3.63, 3.8) is 0 Å². The van der Waals surface area contributed by atoms with Gasteiger partial charge in [-0.15, -0.1) is 0 Å². The molecular weight excluding hydrogens is 182 g/mol. The molecule has 0 atom stereocenters. The quantitative estimate of drug-likeness (QED) is 0.666. The second-order valence-corrected chi connectivity index (χ2v) is 4.51. The molecule has 0 aliphatic heterocycles. The summed E-state index contributed by atoms with van der Waals surface area (Å²) in [6, 6.07) is 9.04. The molecule has 1 heterocycles. The van der Waals surface area contributed by atoms with E-state index in [0.29, 0.717) is 0 Å². The topological polar surface area (TPSA) is 15.8 Å². The van der Waals surface area contributed by atoms with Gasteiger partial charge in [-0.05, 0) is 43.9 Å². The summed E-state index contributed by atoms with van der Waals surface area (Å²) < 4.78 is 0. The number of aryl methyl sites for hydroxylation is 4. The summed E-state index contributed by atoms with van der Waals surface area (Å²) in [7, 11) is 0. The molecule has 3 rings (SSSR count). The minimum absolute atomic E-state index is 1.18. The van der Waals surface area contributed by atoms with E-state index < -0.39 is 0 Å². The fraction of sp³-hybridized carbons (Fsp3) is 0.286. The van der Waals surface area contributed by atoms with Gasteiger partial charge < -0.3 is 4.98 Å². The molecule has 1 N–H and O–H groups in total. The highest BCUT2D eigenvalue weighted by Crippen LogP contribution is 2.33. The molecule has 0 radical (unpaired) electrons. The van der Waals surface area contributed by atoms with Gasteiger partial charge in [0.25, 0.3) is 0 Å². The summed E-state index contributed by atoms with van der Waals surface area (Å²) in [6.07, 6.45) is 2.36. The Balaban J connectivity index is 2.25. The van der Waals surface area contributed by atoms with Crippen molar-refractivity contribution in [1.82, 2.24) is 4.98 Å². The molecule has 0 spiro atoms. The lowest BCUT2D eigenvalue weighted by molar-refractivity contribution is 0.939. The molecule has 0 fully saturated rings. The van der Waals surface area contributed by atoms with E-state index >= 15 is 0 Å². The van der Waals surface area contributed by atoms with Crippen LogP contribution in [0, 0.1) is 13.8 Å². The van der Waals surface area contributed by atoms with Crippen LogP contribution in [-0.4, -0.2) is 4.98 Å². The Morgan fingerprint density at radius 2 is 1.80 bits per heavy atom. The minimum Gasteiger partial charge on any atom is -0.358 e. The summed E-state index contributed by atoms with van der Waals surface area (Å²) >= 11 is 0. The molecule has 1 aromatic heterocycles.